The zero-order valence-electron chi connectivity index (χ0n) is 14.9. The maximum absolute atomic E-state index is 12.1. The maximum atomic E-state index is 12.1. The third-order valence-electron chi connectivity index (χ3n) is 3.56. The highest BCUT2D eigenvalue weighted by molar-refractivity contribution is 7.89. The van der Waals surface area contributed by atoms with Gasteiger partial charge in [0.25, 0.3) is 5.91 Å². The van der Waals surface area contributed by atoms with Crippen molar-refractivity contribution in [3.8, 4) is 0 Å². The second kappa shape index (κ2) is 9.88. The number of carbonyl (C=O) groups is 2. The van der Waals surface area contributed by atoms with Crippen molar-refractivity contribution in [3.05, 3.63) is 58.1 Å². The average molecular weight is 445 g/mol. The van der Waals surface area contributed by atoms with Crippen LogP contribution in [0.1, 0.15) is 12.0 Å². The van der Waals surface area contributed by atoms with Crippen LogP contribution < -0.4 is 10.0 Å². The molecule has 0 aliphatic heterocycles. The van der Waals surface area contributed by atoms with Crippen LogP contribution in [0.2, 0.25) is 10.0 Å². The standard InChI is InChI=1S/C18H18Cl2N2O5S/c1-12-2-5-14(10-16(12)20)22-17(23)11-27-18(24)8-9-21-28(25,26)15-6-3-13(19)4-7-15/h2-7,10,21H,8-9,11H2,1H3,(H,22,23). The van der Waals surface area contributed by atoms with E-state index in [0.29, 0.717) is 15.7 Å². The first-order valence-electron chi connectivity index (χ1n) is 8.14. The molecular formula is C18H18Cl2N2O5S. The molecule has 0 bridgehead atoms. The lowest BCUT2D eigenvalue weighted by Gasteiger charge is -2.09. The number of amides is 1. The summed E-state index contributed by atoms with van der Waals surface area (Å²) in [6.45, 7) is 1.17. The predicted octanol–water partition coefficient (Wildman–Crippen LogP) is 3.15. The minimum atomic E-state index is -3.76. The summed E-state index contributed by atoms with van der Waals surface area (Å²) in [6, 6.07) is 10.6. The molecule has 0 aromatic heterocycles. The molecule has 0 atom stereocenters. The summed E-state index contributed by atoms with van der Waals surface area (Å²) in [5.41, 5.74) is 1.35. The van der Waals surface area contributed by atoms with E-state index >= 15 is 0 Å². The van der Waals surface area contributed by atoms with Crippen molar-refractivity contribution in [3.63, 3.8) is 0 Å². The molecule has 0 saturated carbocycles. The van der Waals surface area contributed by atoms with E-state index in [1.54, 1.807) is 18.2 Å². The molecule has 2 rings (SSSR count). The minimum Gasteiger partial charge on any atom is -0.456 e. The van der Waals surface area contributed by atoms with Gasteiger partial charge in [-0.15, -0.1) is 0 Å². The topological polar surface area (TPSA) is 102 Å². The van der Waals surface area contributed by atoms with Gasteiger partial charge in [0, 0.05) is 22.3 Å². The highest BCUT2D eigenvalue weighted by atomic mass is 35.5. The monoisotopic (exact) mass is 444 g/mol. The first-order chi connectivity index (χ1) is 13.2. The predicted molar refractivity (Wildman–Crippen MR) is 107 cm³/mol. The second-order valence-corrected chi connectivity index (χ2v) is 8.39. The van der Waals surface area contributed by atoms with Crippen molar-refractivity contribution < 1.29 is 22.7 Å². The number of hydrogen-bond acceptors (Lipinski definition) is 5. The van der Waals surface area contributed by atoms with Crippen molar-refractivity contribution in [1.29, 1.82) is 0 Å². The molecule has 0 unspecified atom stereocenters. The molecule has 0 aliphatic rings. The van der Waals surface area contributed by atoms with Gasteiger partial charge in [-0.1, -0.05) is 29.3 Å². The first-order valence-corrected chi connectivity index (χ1v) is 10.4. The molecule has 7 nitrogen and oxygen atoms in total. The molecule has 1 amide bonds. The minimum absolute atomic E-state index is 0.0291. The Bertz CT molecular complexity index is 962. The highest BCUT2D eigenvalue weighted by Crippen LogP contribution is 2.19. The largest absolute Gasteiger partial charge is 0.456 e. The van der Waals surface area contributed by atoms with E-state index in [4.69, 9.17) is 27.9 Å². The quantitative estimate of drug-likeness (QED) is 0.608. The van der Waals surface area contributed by atoms with Gasteiger partial charge in [0.15, 0.2) is 6.61 Å². The lowest BCUT2D eigenvalue weighted by molar-refractivity contribution is -0.147. The molecule has 150 valence electrons. The Labute approximate surface area is 173 Å². The van der Waals surface area contributed by atoms with Crippen LogP contribution in [-0.4, -0.2) is 33.4 Å². The van der Waals surface area contributed by atoms with Crippen LogP contribution in [0.15, 0.2) is 47.4 Å². The van der Waals surface area contributed by atoms with E-state index in [1.807, 2.05) is 6.92 Å². The van der Waals surface area contributed by atoms with Gasteiger partial charge in [-0.3, -0.25) is 9.59 Å². The number of sulfonamides is 1. The number of nitrogens with one attached hydrogen (secondary N) is 2. The normalized spacial score (nSPS) is 11.1. The van der Waals surface area contributed by atoms with E-state index in [2.05, 4.69) is 10.0 Å². The molecule has 2 aromatic carbocycles. The number of hydrogen-bond donors (Lipinski definition) is 2. The summed E-state index contributed by atoms with van der Waals surface area (Å²) in [7, 11) is -3.76. The Morgan fingerprint density at radius 3 is 2.39 bits per heavy atom. The van der Waals surface area contributed by atoms with Crippen LogP contribution in [0.5, 0.6) is 0 Å². The SMILES string of the molecule is Cc1ccc(NC(=O)COC(=O)CCNS(=O)(=O)c2ccc(Cl)cc2)cc1Cl. The molecule has 0 spiro atoms. The summed E-state index contributed by atoms with van der Waals surface area (Å²) in [6.07, 6.45) is -0.226. The summed E-state index contributed by atoms with van der Waals surface area (Å²) < 4.78 is 31.2. The molecule has 0 fully saturated rings. The van der Waals surface area contributed by atoms with E-state index < -0.39 is 28.5 Å². The van der Waals surface area contributed by atoms with Gasteiger partial charge in [0.1, 0.15) is 0 Å². The zero-order chi connectivity index (χ0) is 20.7. The summed E-state index contributed by atoms with van der Waals surface area (Å²) >= 11 is 11.7. The summed E-state index contributed by atoms with van der Waals surface area (Å²) in [4.78, 5) is 23.5. The van der Waals surface area contributed by atoms with Crippen molar-refractivity contribution >= 4 is 50.8 Å². The van der Waals surface area contributed by atoms with Gasteiger partial charge < -0.3 is 10.1 Å². The number of halogens is 2. The molecule has 0 saturated heterocycles. The fourth-order valence-electron chi connectivity index (χ4n) is 2.07. The Hall–Kier alpha value is -2.13. The number of esters is 1. The number of anilines is 1. The molecular weight excluding hydrogens is 427 g/mol. The fraction of sp³-hybridized carbons (Fsp3) is 0.222. The van der Waals surface area contributed by atoms with Crippen LogP contribution in [0, 0.1) is 6.92 Å². The molecule has 2 N–H and O–H groups in total. The summed E-state index contributed by atoms with van der Waals surface area (Å²) in [5, 5.41) is 3.46. The van der Waals surface area contributed by atoms with E-state index in [1.165, 1.54) is 24.3 Å². The van der Waals surface area contributed by atoms with Crippen molar-refractivity contribution in [1.82, 2.24) is 4.72 Å². The van der Waals surface area contributed by atoms with Gasteiger partial charge in [0.2, 0.25) is 10.0 Å². The molecule has 2 aromatic rings. The maximum Gasteiger partial charge on any atom is 0.307 e. The van der Waals surface area contributed by atoms with Crippen LogP contribution >= 0.6 is 23.2 Å². The lowest BCUT2D eigenvalue weighted by atomic mass is 10.2. The highest BCUT2D eigenvalue weighted by Gasteiger charge is 2.15. The van der Waals surface area contributed by atoms with E-state index in [9.17, 15) is 18.0 Å². The smallest absolute Gasteiger partial charge is 0.307 e. The fourth-order valence-corrected chi connectivity index (χ4v) is 3.41. The van der Waals surface area contributed by atoms with Crippen LogP contribution in [0.25, 0.3) is 0 Å². The van der Waals surface area contributed by atoms with Gasteiger partial charge in [-0.05, 0) is 48.9 Å². The molecule has 0 radical (unpaired) electrons. The van der Waals surface area contributed by atoms with Gasteiger partial charge in [-0.2, -0.15) is 0 Å². The molecule has 28 heavy (non-hydrogen) atoms. The average Bonchev–Trinajstić information content (AvgIpc) is 2.63. The second-order valence-electron chi connectivity index (χ2n) is 5.77. The van der Waals surface area contributed by atoms with Gasteiger partial charge in [-0.25, -0.2) is 13.1 Å². The van der Waals surface area contributed by atoms with Gasteiger partial charge in [0.05, 0.1) is 11.3 Å². The van der Waals surface area contributed by atoms with Crippen molar-refractivity contribution in [2.24, 2.45) is 0 Å². The zero-order valence-corrected chi connectivity index (χ0v) is 17.2. The first kappa shape index (κ1) is 22.2. The van der Waals surface area contributed by atoms with Crippen LogP contribution in [0.4, 0.5) is 5.69 Å². The number of carbonyl (C=O) groups excluding carboxylic acids is 2. The van der Waals surface area contributed by atoms with Crippen LogP contribution in [0.3, 0.4) is 0 Å². The molecule has 0 aliphatic carbocycles. The number of benzene rings is 2. The van der Waals surface area contributed by atoms with Crippen molar-refractivity contribution in [2.75, 3.05) is 18.5 Å². The number of aryl methyl sites for hydroxylation is 1. The third-order valence-corrected chi connectivity index (χ3v) is 5.70. The van der Waals surface area contributed by atoms with Crippen LogP contribution in [-0.2, 0) is 24.3 Å². The Morgan fingerprint density at radius 2 is 1.75 bits per heavy atom. The summed E-state index contributed by atoms with van der Waals surface area (Å²) in [5.74, 6) is -1.24. The third kappa shape index (κ3) is 6.79. The van der Waals surface area contributed by atoms with E-state index in [-0.39, 0.29) is 17.9 Å². The van der Waals surface area contributed by atoms with Crippen molar-refractivity contribution in [2.45, 2.75) is 18.2 Å². The number of rotatable bonds is 8. The van der Waals surface area contributed by atoms with E-state index in [0.717, 1.165) is 5.56 Å². The van der Waals surface area contributed by atoms with Gasteiger partial charge >= 0.3 is 5.97 Å². The Morgan fingerprint density at radius 1 is 1.07 bits per heavy atom. The molecule has 10 heteroatoms. The lowest BCUT2D eigenvalue weighted by Crippen LogP contribution is -2.28. The molecule has 0 heterocycles. The Balaban J connectivity index is 1.74. The Kier molecular flexibility index (Phi) is 7.82. The number of ether oxygens (including phenoxy) is 1.